The van der Waals surface area contributed by atoms with Crippen LogP contribution in [0.5, 0.6) is 5.75 Å². The van der Waals surface area contributed by atoms with E-state index in [0.717, 1.165) is 0 Å². The van der Waals surface area contributed by atoms with Crippen molar-refractivity contribution < 1.29 is 18.6 Å². The van der Waals surface area contributed by atoms with Gasteiger partial charge in [-0.15, -0.1) is 0 Å². The SMILES string of the molecule is CC(C)(C#N)c1cc(N)no1.CC(C)(C#N)c1cc(NC(=O)Oc2ccccc2)no1. The number of benzene rings is 1. The number of nitrogens with one attached hydrogen (secondary N) is 1. The molecule has 1 amide bonds. The molecule has 0 aliphatic heterocycles. The molecule has 3 N–H and O–H groups in total. The zero-order valence-electron chi connectivity index (χ0n) is 17.5. The zero-order chi connectivity index (χ0) is 23.1. The maximum atomic E-state index is 11.6. The maximum Gasteiger partial charge on any atom is 0.418 e. The third kappa shape index (κ3) is 6.34. The molecule has 160 valence electrons. The lowest BCUT2D eigenvalue weighted by molar-refractivity contribution is 0.215. The number of aromatic nitrogens is 2. The lowest BCUT2D eigenvalue weighted by atomic mass is 9.93. The van der Waals surface area contributed by atoms with Gasteiger partial charge in [0.2, 0.25) is 0 Å². The van der Waals surface area contributed by atoms with Crippen LogP contribution in [0.15, 0.2) is 51.5 Å². The highest BCUT2D eigenvalue weighted by Crippen LogP contribution is 2.25. The van der Waals surface area contributed by atoms with Gasteiger partial charge in [0.1, 0.15) is 16.6 Å². The summed E-state index contributed by atoms with van der Waals surface area (Å²) in [6.45, 7) is 6.87. The van der Waals surface area contributed by atoms with Crippen molar-refractivity contribution in [3.8, 4) is 17.9 Å². The minimum atomic E-state index is -0.809. The molecule has 31 heavy (non-hydrogen) atoms. The predicted molar refractivity (Wildman–Crippen MR) is 111 cm³/mol. The van der Waals surface area contributed by atoms with Crippen molar-refractivity contribution in [2.45, 2.75) is 38.5 Å². The van der Waals surface area contributed by atoms with E-state index in [4.69, 9.17) is 30.0 Å². The minimum Gasteiger partial charge on any atom is -0.410 e. The molecule has 0 spiro atoms. The van der Waals surface area contributed by atoms with Crippen LogP contribution in [0.2, 0.25) is 0 Å². The van der Waals surface area contributed by atoms with Gasteiger partial charge in [-0.3, -0.25) is 5.32 Å². The van der Waals surface area contributed by atoms with Crippen LogP contribution >= 0.6 is 0 Å². The molecule has 2 heterocycles. The summed E-state index contributed by atoms with van der Waals surface area (Å²) in [6.07, 6.45) is -0.675. The Morgan fingerprint density at radius 1 is 1.00 bits per heavy atom. The third-order valence-corrected chi connectivity index (χ3v) is 4.01. The van der Waals surface area contributed by atoms with E-state index in [1.807, 2.05) is 6.07 Å². The van der Waals surface area contributed by atoms with Gasteiger partial charge >= 0.3 is 6.09 Å². The molecule has 10 nitrogen and oxygen atoms in total. The molecule has 10 heteroatoms. The second-order valence-electron chi connectivity index (χ2n) is 7.49. The predicted octanol–water partition coefficient (Wildman–Crippen LogP) is 4.14. The van der Waals surface area contributed by atoms with Crippen molar-refractivity contribution in [2.75, 3.05) is 11.1 Å². The zero-order valence-corrected chi connectivity index (χ0v) is 17.5. The Bertz CT molecular complexity index is 1100. The van der Waals surface area contributed by atoms with Crippen LogP contribution in [-0.2, 0) is 10.8 Å². The highest BCUT2D eigenvalue weighted by Gasteiger charge is 2.26. The molecule has 0 unspecified atom stereocenters. The lowest BCUT2D eigenvalue weighted by Crippen LogP contribution is -2.17. The van der Waals surface area contributed by atoms with Crippen molar-refractivity contribution in [1.29, 1.82) is 10.5 Å². The van der Waals surface area contributed by atoms with Crippen LogP contribution < -0.4 is 15.8 Å². The number of nitrogens with two attached hydrogens (primary N) is 1. The number of amides is 1. The fraction of sp³-hybridized carbons (Fsp3) is 0.286. The normalized spacial score (nSPS) is 10.8. The van der Waals surface area contributed by atoms with Gasteiger partial charge in [0.15, 0.2) is 23.2 Å². The first kappa shape index (κ1) is 23.0. The average molecular weight is 422 g/mol. The number of hydrogen-bond acceptors (Lipinski definition) is 9. The number of nitrogen functional groups attached to an aromatic ring is 1. The Balaban J connectivity index is 0.000000262. The molecule has 3 aromatic rings. The molecule has 1 aromatic carbocycles. The van der Waals surface area contributed by atoms with E-state index >= 15 is 0 Å². The van der Waals surface area contributed by atoms with Crippen LogP contribution in [0.3, 0.4) is 0 Å². The molecule has 0 saturated carbocycles. The summed E-state index contributed by atoms with van der Waals surface area (Å²) in [5, 5.41) is 27.2. The van der Waals surface area contributed by atoms with E-state index in [9.17, 15) is 4.79 Å². The Morgan fingerprint density at radius 3 is 2.06 bits per heavy atom. The van der Waals surface area contributed by atoms with Gasteiger partial charge in [0.05, 0.1) is 12.1 Å². The van der Waals surface area contributed by atoms with E-state index in [1.165, 1.54) is 6.07 Å². The van der Waals surface area contributed by atoms with E-state index in [-0.39, 0.29) is 5.82 Å². The molecule has 0 radical (unpaired) electrons. The first-order valence-corrected chi connectivity index (χ1v) is 9.13. The Labute approximate surface area is 179 Å². The fourth-order valence-corrected chi connectivity index (χ4v) is 2.05. The maximum absolute atomic E-state index is 11.6. The molecule has 2 aromatic heterocycles. The van der Waals surface area contributed by atoms with Gasteiger partial charge in [0.25, 0.3) is 0 Å². The van der Waals surface area contributed by atoms with Crippen LogP contribution in [-0.4, -0.2) is 16.4 Å². The number of para-hydroxylation sites is 1. The number of anilines is 2. The van der Waals surface area contributed by atoms with Gasteiger partial charge in [-0.05, 0) is 39.8 Å². The van der Waals surface area contributed by atoms with E-state index in [2.05, 4.69) is 27.8 Å². The Morgan fingerprint density at radius 2 is 1.55 bits per heavy atom. The first-order valence-electron chi connectivity index (χ1n) is 9.13. The smallest absolute Gasteiger partial charge is 0.410 e. The number of carbonyl (C=O) groups is 1. The number of hydrogen-bond donors (Lipinski definition) is 2. The third-order valence-electron chi connectivity index (χ3n) is 4.01. The summed E-state index contributed by atoms with van der Waals surface area (Å²) in [7, 11) is 0. The quantitative estimate of drug-likeness (QED) is 0.628. The van der Waals surface area contributed by atoms with E-state index in [1.54, 1.807) is 58.0 Å². The monoisotopic (exact) mass is 422 g/mol. The minimum absolute atomic E-state index is 0.198. The van der Waals surface area contributed by atoms with Crippen molar-refractivity contribution in [3.63, 3.8) is 0 Å². The van der Waals surface area contributed by atoms with Crippen LogP contribution in [0.4, 0.5) is 16.4 Å². The highest BCUT2D eigenvalue weighted by atomic mass is 16.6. The fourth-order valence-electron chi connectivity index (χ4n) is 2.05. The summed E-state index contributed by atoms with van der Waals surface area (Å²) in [5.74, 6) is 1.80. The van der Waals surface area contributed by atoms with Gasteiger partial charge in [-0.25, -0.2) is 4.79 Å². The van der Waals surface area contributed by atoms with Gasteiger partial charge in [0, 0.05) is 12.1 Å². The highest BCUT2D eigenvalue weighted by molar-refractivity contribution is 5.85. The topological polar surface area (TPSA) is 164 Å². The summed E-state index contributed by atoms with van der Waals surface area (Å²) in [6, 6.07) is 15.9. The first-order chi connectivity index (χ1) is 14.6. The van der Waals surface area contributed by atoms with Crippen molar-refractivity contribution in [2.24, 2.45) is 0 Å². The largest absolute Gasteiger partial charge is 0.418 e. The second kappa shape index (κ2) is 9.46. The Hall–Kier alpha value is -4.31. The summed E-state index contributed by atoms with van der Waals surface area (Å²) >= 11 is 0. The van der Waals surface area contributed by atoms with Crippen LogP contribution in [0.1, 0.15) is 39.2 Å². The lowest BCUT2D eigenvalue weighted by Gasteiger charge is -2.08. The van der Waals surface area contributed by atoms with Gasteiger partial charge < -0.3 is 19.5 Å². The van der Waals surface area contributed by atoms with Crippen molar-refractivity contribution >= 4 is 17.7 Å². The molecular weight excluding hydrogens is 400 g/mol. The molecule has 0 aliphatic rings. The van der Waals surface area contributed by atoms with Crippen LogP contribution in [0, 0.1) is 22.7 Å². The number of ether oxygens (including phenoxy) is 1. The number of nitrogens with zero attached hydrogens (tertiary/aromatic N) is 4. The molecule has 0 fully saturated rings. The average Bonchev–Trinajstić information content (AvgIpc) is 3.39. The van der Waals surface area contributed by atoms with Gasteiger partial charge in [-0.2, -0.15) is 10.5 Å². The van der Waals surface area contributed by atoms with Crippen LogP contribution in [0.25, 0.3) is 0 Å². The van der Waals surface area contributed by atoms with E-state index in [0.29, 0.717) is 23.1 Å². The van der Waals surface area contributed by atoms with Crippen molar-refractivity contribution in [3.05, 3.63) is 54.0 Å². The van der Waals surface area contributed by atoms with Crippen molar-refractivity contribution in [1.82, 2.24) is 10.3 Å². The summed E-state index contributed by atoms with van der Waals surface area (Å²) in [5.41, 5.74) is 3.86. The van der Waals surface area contributed by atoms with E-state index < -0.39 is 16.9 Å². The summed E-state index contributed by atoms with van der Waals surface area (Å²) in [4.78, 5) is 11.6. The molecular formula is C21H22N6O4. The molecule has 0 saturated heterocycles. The standard InChI is InChI=1S/C14H13N3O3.C7H9N3O/c1-14(2,9-15)11-8-12(17-20-11)16-13(18)19-10-6-4-3-5-7-10;1-7(2,4-8)5-3-6(9)10-11-5/h3-8H,1-2H3,(H,16,17,18);3H,1-2H3,(H2,9,10). The number of rotatable bonds is 4. The van der Waals surface area contributed by atoms with Gasteiger partial charge in [-0.1, -0.05) is 28.5 Å². The number of carbonyl (C=O) groups excluding carboxylic acids is 1. The summed E-state index contributed by atoms with van der Waals surface area (Å²) < 4.78 is 14.9. The molecule has 0 atom stereocenters. The number of nitriles is 2. The molecule has 0 bridgehead atoms. The Kier molecular flexibility index (Phi) is 7.01. The second-order valence-corrected chi connectivity index (χ2v) is 7.49. The molecule has 0 aliphatic carbocycles. The molecule has 3 rings (SSSR count).